The van der Waals surface area contributed by atoms with Crippen molar-refractivity contribution in [3.63, 3.8) is 0 Å². The molecule has 4 fully saturated rings. The second kappa shape index (κ2) is 5.01. The van der Waals surface area contributed by atoms with Crippen LogP contribution in [-0.4, -0.2) is 21.4 Å². The summed E-state index contributed by atoms with van der Waals surface area (Å²) in [6.45, 7) is 6.92. The van der Waals surface area contributed by atoms with Gasteiger partial charge in [-0.15, -0.1) is 6.42 Å². The summed E-state index contributed by atoms with van der Waals surface area (Å²) < 4.78 is 0. The van der Waals surface area contributed by atoms with E-state index in [4.69, 9.17) is 6.42 Å². The number of fused-ring (bicyclic) bond motifs is 5. The van der Waals surface area contributed by atoms with E-state index < -0.39 is 11.2 Å². The van der Waals surface area contributed by atoms with E-state index in [1.54, 1.807) is 0 Å². The van der Waals surface area contributed by atoms with E-state index in [9.17, 15) is 10.2 Å². The molecule has 0 radical (unpaired) electrons. The predicted molar refractivity (Wildman–Crippen MR) is 96.1 cm³/mol. The van der Waals surface area contributed by atoms with Crippen molar-refractivity contribution in [2.24, 2.45) is 34.5 Å². The van der Waals surface area contributed by atoms with Crippen LogP contribution < -0.4 is 0 Å². The fraction of sp³-hybridized carbons (Fsp3) is 0.909. The summed E-state index contributed by atoms with van der Waals surface area (Å²) in [7, 11) is 0. The van der Waals surface area contributed by atoms with Gasteiger partial charge in [-0.05, 0) is 99.2 Å². The number of hydrogen-bond acceptors (Lipinski definition) is 2. The summed E-state index contributed by atoms with van der Waals surface area (Å²) in [4.78, 5) is 0. The minimum Gasteiger partial charge on any atom is -0.390 e. The smallest absolute Gasteiger partial charge is 0.125 e. The van der Waals surface area contributed by atoms with Crippen molar-refractivity contribution in [3.8, 4) is 12.3 Å². The molecule has 0 amide bonds. The van der Waals surface area contributed by atoms with Gasteiger partial charge in [-0.25, -0.2) is 0 Å². The van der Waals surface area contributed by atoms with Crippen molar-refractivity contribution in [3.05, 3.63) is 0 Å². The van der Waals surface area contributed by atoms with E-state index in [2.05, 4.69) is 26.7 Å². The Bertz CT molecular complexity index is 575. The minimum absolute atomic E-state index is 0.103. The average molecular weight is 331 g/mol. The second-order valence-corrected chi connectivity index (χ2v) is 10.3. The van der Waals surface area contributed by atoms with Gasteiger partial charge in [0.15, 0.2) is 0 Å². The first kappa shape index (κ1) is 16.9. The van der Waals surface area contributed by atoms with Gasteiger partial charge in [0.2, 0.25) is 0 Å². The molecule has 0 aromatic rings. The summed E-state index contributed by atoms with van der Waals surface area (Å²) in [5.74, 6) is 5.44. The Morgan fingerprint density at radius 1 is 0.875 bits per heavy atom. The van der Waals surface area contributed by atoms with Crippen molar-refractivity contribution < 1.29 is 10.2 Å². The average Bonchev–Trinajstić information content (AvgIpc) is 2.78. The maximum Gasteiger partial charge on any atom is 0.125 e. The van der Waals surface area contributed by atoms with Crippen LogP contribution in [-0.2, 0) is 0 Å². The van der Waals surface area contributed by atoms with Gasteiger partial charge < -0.3 is 10.2 Å². The quantitative estimate of drug-likeness (QED) is 0.655. The molecule has 134 valence electrons. The molecule has 2 N–H and O–H groups in total. The Balaban J connectivity index is 1.62. The molecule has 0 aromatic heterocycles. The highest BCUT2D eigenvalue weighted by molar-refractivity contribution is 5.17. The standard InChI is InChI=1S/C22H34O2/c1-5-22(24)13-12-19(2)15(14-22)6-7-16-17(19)8-10-20(3)18(16)9-11-21(20,4)23/h1,15-18,23-24H,6-14H2,2-4H3/t15-,16+,17-,18+,19+,20+,21+,22+/m0/s1. The second-order valence-electron chi connectivity index (χ2n) is 10.3. The van der Waals surface area contributed by atoms with Gasteiger partial charge in [-0.1, -0.05) is 19.8 Å². The molecular formula is C22H34O2. The molecule has 2 nitrogen and oxygen atoms in total. The van der Waals surface area contributed by atoms with Crippen LogP contribution in [0.1, 0.15) is 78.6 Å². The van der Waals surface area contributed by atoms with E-state index in [-0.39, 0.29) is 5.41 Å². The maximum atomic E-state index is 11.0. The van der Waals surface area contributed by atoms with E-state index in [0.29, 0.717) is 17.3 Å². The third-order valence-corrected chi connectivity index (χ3v) is 9.56. The first-order chi connectivity index (χ1) is 11.2. The monoisotopic (exact) mass is 330 g/mol. The van der Waals surface area contributed by atoms with Crippen molar-refractivity contribution in [1.29, 1.82) is 0 Å². The molecule has 24 heavy (non-hydrogen) atoms. The largest absolute Gasteiger partial charge is 0.390 e. The van der Waals surface area contributed by atoms with Crippen molar-refractivity contribution in [2.45, 2.75) is 89.8 Å². The van der Waals surface area contributed by atoms with E-state index in [1.165, 1.54) is 25.7 Å². The Hall–Kier alpha value is -0.520. The normalized spacial score (nSPS) is 59.8. The van der Waals surface area contributed by atoms with Crippen molar-refractivity contribution in [2.75, 3.05) is 0 Å². The maximum absolute atomic E-state index is 11.0. The fourth-order valence-corrected chi connectivity index (χ4v) is 7.62. The highest BCUT2D eigenvalue weighted by Gasteiger charge is 2.63. The van der Waals surface area contributed by atoms with Gasteiger partial charge in [-0.2, -0.15) is 0 Å². The molecule has 0 bridgehead atoms. The van der Waals surface area contributed by atoms with Crippen LogP contribution in [0.15, 0.2) is 0 Å². The molecule has 4 rings (SSSR count). The summed E-state index contributed by atoms with van der Waals surface area (Å²) in [6, 6.07) is 0. The first-order valence-electron chi connectivity index (χ1n) is 10.1. The number of aliphatic hydroxyl groups is 2. The molecule has 8 atom stereocenters. The lowest BCUT2D eigenvalue weighted by atomic mass is 9.43. The van der Waals surface area contributed by atoms with E-state index in [0.717, 1.165) is 43.9 Å². The number of terminal acetylenes is 1. The molecule has 4 aliphatic rings. The minimum atomic E-state index is -0.864. The molecule has 0 unspecified atom stereocenters. The first-order valence-corrected chi connectivity index (χ1v) is 10.1. The Labute approximate surface area is 147 Å². The van der Waals surface area contributed by atoms with Crippen LogP contribution in [0, 0.1) is 46.8 Å². The molecule has 4 saturated carbocycles. The van der Waals surface area contributed by atoms with Crippen LogP contribution >= 0.6 is 0 Å². The van der Waals surface area contributed by atoms with Gasteiger partial charge in [0.05, 0.1) is 5.60 Å². The van der Waals surface area contributed by atoms with Crippen molar-refractivity contribution >= 4 is 0 Å². The van der Waals surface area contributed by atoms with Crippen LogP contribution in [0.25, 0.3) is 0 Å². The third kappa shape index (κ3) is 2.04. The van der Waals surface area contributed by atoms with Crippen LogP contribution in [0.3, 0.4) is 0 Å². The molecular weight excluding hydrogens is 296 g/mol. The number of rotatable bonds is 0. The zero-order valence-electron chi connectivity index (χ0n) is 15.6. The lowest BCUT2D eigenvalue weighted by Crippen LogP contribution is -2.57. The van der Waals surface area contributed by atoms with E-state index >= 15 is 0 Å². The van der Waals surface area contributed by atoms with Crippen LogP contribution in [0.2, 0.25) is 0 Å². The lowest BCUT2D eigenvalue weighted by molar-refractivity contribution is -0.159. The molecule has 0 aromatic carbocycles. The molecule has 0 heterocycles. The zero-order valence-corrected chi connectivity index (χ0v) is 15.6. The fourth-order valence-electron chi connectivity index (χ4n) is 7.62. The van der Waals surface area contributed by atoms with Gasteiger partial charge in [0.25, 0.3) is 0 Å². The van der Waals surface area contributed by atoms with Gasteiger partial charge >= 0.3 is 0 Å². The highest BCUT2D eigenvalue weighted by atomic mass is 16.3. The SMILES string of the molecule is C#C[C@@]1(O)CC[C@]2(C)[C@@H](CC[C@H]3[C@H]4CC[C@@](C)(O)[C@]4(C)CC[C@@H]32)C1. The van der Waals surface area contributed by atoms with Gasteiger partial charge in [-0.3, -0.25) is 0 Å². The molecule has 0 aliphatic heterocycles. The lowest BCUT2D eigenvalue weighted by Gasteiger charge is -2.62. The molecule has 0 spiro atoms. The number of hydrogen-bond donors (Lipinski definition) is 2. The van der Waals surface area contributed by atoms with Gasteiger partial charge in [0, 0.05) is 0 Å². The summed E-state index contributed by atoms with van der Waals surface area (Å²) in [5.41, 5.74) is -0.915. The summed E-state index contributed by atoms with van der Waals surface area (Å²) in [5, 5.41) is 21.6. The Morgan fingerprint density at radius 3 is 2.29 bits per heavy atom. The van der Waals surface area contributed by atoms with E-state index in [1.807, 2.05) is 0 Å². The zero-order chi connectivity index (χ0) is 17.4. The molecule has 0 saturated heterocycles. The van der Waals surface area contributed by atoms with Crippen LogP contribution in [0.4, 0.5) is 0 Å². The third-order valence-electron chi connectivity index (χ3n) is 9.56. The van der Waals surface area contributed by atoms with Crippen LogP contribution in [0.5, 0.6) is 0 Å². The Kier molecular flexibility index (Phi) is 3.54. The predicted octanol–water partition coefficient (Wildman–Crippen LogP) is 4.14. The summed E-state index contributed by atoms with van der Waals surface area (Å²) >= 11 is 0. The topological polar surface area (TPSA) is 40.5 Å². The van der Waals surface area contributed by atoms with Gasteiger partial charge in [0.1, 0.15) is 5.60 Å². The molecule has 2 heteroatoms. The highest BCUT2D eigenvalue weighted by Crippen LogP contribution is 2.68. The molecule has 4 aliphatic carbocycles. The summed E-state index contributed by atoms with van der Waals surface area (Å²) in [6.07, 6.45) is 15.3. The Morgan fingerprint density at radius 2 is 1.58 bits per heavy atom. The van der Waals surface area contributed by atoms with Crippen molar-refractivity contribution in [1.82, 2.24) is 0 Å².